The molecule has 7 heteroatoms. The van der Waals surface area contributed by atoms with E-state index in [1.54, 1.807) is 23.9 Å². The lowest BCUT2D eigenvalue weighted by Gasteiger charge is -2.39. The van der Waals surface area contributed by atoms with Gasteiger partial charge in [0, 0.05) is 45.7 Å². The van der Waals surface area contributed by atoms with Crippen molar-refractivity contribution in [2.45, 2.75) is 32.7 Å². The molecule has 2 rings (SSSR count). The van der Waals surface area contributed by atoms with Crippen molar-refractivity contribution in [2.24, 2.45) is 0 Å². The monoisotopic (exact) mass is 322 g/mol. The van der Waals surface area contributed by atoms with Crippen LogP contribution in [0.2, 0.25) is 0 Å². The van der Waals surface area contributed by atoms with Crippen molar-refractivity contribution in [2.75, 3.05) is 40.8 Å². The molecule has 0 aliphatic carbocycles. The number of aryl methyl sites for hydroxylation is 2. The number of piperazine rings is 1. The average Bonchev–Trinajstić information content (AvgIpc) is 2.83. The van der Waals surface area contributed by atoms with Gasteiger partial charge in [0.05, 0.1) is 5.69 Å². The van der Waals surface area contributed by atoms with Crippen molar-refractivity contribution in [3.63, 3.8) is 0 Å². The molecule has 0 aromatic carbocycles. The number of likely N-dealkylation sites (N-methyl/N-ethyl adjacent to an activating group) is 2. The second-order valence-corrected chi connectivity index (χ2v) is 6.37. The predicted octanol–water partition coefficient (Wildman–Crippen LogP) is 0.455. The maximum absolute atomic E-state index is 12.5. The molecule has 128 valence electrons. The third kappa shape index (κ3) is 3.90. The van der Waals surface area contributed by atoms with Crippen LogP contribution in [0.4, 0.5) is 0 Å². The number of hydrogen-bond donors (Lipinski definition) is 0. The van der Waals surface area contributed by atoms with Crippen molar-refractivity contribution in [3.05, 3.63) is 17.0 Å². The quantitative estimate of drug-likeness (QED) is 0.805. The summed E-state index contributed by atoms with van der Waals surface area (Å²) >= 11 is 0. The van der Waals surface area contributed by atoms with Gasteiger partial charge in [0.25, 0.3) is 0 Å². The molecule has 1 aromatic heterocycles. The molecule has 0 spiro atoms. The molecule has 1 fully saturated rings. The number of rotatable bonds is 4. The highest BCUT2D eigenvalue weighted by Gasteiger charge is 2.32. The van der Waals surface area contributed by atoms with Crippen LogP contribution in [0.5, 0.6) is 0 Å². The molecule has 2 amide bonds. The van der Waals surface area contributed by atoms with Gasteiger partial charge in [-0.15, -0.1) is 0 Å². The second kappa shape index (κ2) is 7.12. The Kier molecular flexibility index (Phi) is 5.41. The Labute approximate surface area is 137 Å². The van der Waals surface area contributed by atoms with Crippen molar-refractivity contribution >= 4 is 11.8 Å². The highest BCUT2D eigenvalue weighted by atomic mass is 16.5. The van der Waals surface area contributed by atoms with E-state index in [-0.39, 0.29) is 17.9 Å². The summed E-state index contributed by atoms with van der Waals surface area (Å²) in [7, 11) is 5.42. The molecule has 0 N–H and O–H groups in total. The van der Waals surface area contributed by atoms with Crippen LogP contribution >= 0.6 is 0 Å². The first-order valence-corrected chi connectivity index (χ1v) is 7.92. The number of nitrogens with zero attached hydrogens (tertiary/aromatic N) is 4. The average molecular weight is 322 g/mol. The zero-order valence-corrected chi connectivity index (χ0v) is 14.6. The van der Waals surface area contributed by atoms with Gasteiger partial charge >= 0.3 is 0 Å². The molecule has 1 saturated heterocycles. The fraction of sp³-hybridized carbons (Fsp3) is 0.688. The summed E-state index contributed by atoms with van der Waals surface area (Å²) in [5.41, 5.74) is 1.85. The van der Waals surface area contributed by atoms with E-state index >= 15 is 0 Å². The Morgan fingerprint density at radius 1 is 1.30 bits per heavy atom. The Morgan fingerprint density at radius 3 is 2.57 bits per heavy atom. The van der Waals surface area contributed by atoms with E-state index in [0.29, 0.717) is 32.5 Å². The summed E-state index contributed by atoms with van der Waals surface area (Å²) < 4.78 is 5.13. The van der Waals surface area contributed by atoms with E-state index in [0.717, 1.165) is 17.0 Å². The Balaban J connectivity index is 1.96. The van der Waals surface area contributed by atoms with Crippen LogP contribution in [-0.4, -0.2) is 78.5 Å². The van der Waals surface area contributed by atoms with E-state index in [1.807, 2.05) is 25.8 Å². The van der Waals surface area contributed by atoms with Crippen LogP contribution in [0.1, 0.15) is 23.4 Å². The predicted molar refractivity (Wildman–Crippen MR) is 86.0 cm³/mol. The summed E-state index contributed by atoms with van der Waals surface area (Å²) in [6.07, 6.45) is 1.04. The molecular weight excluding hydrogens is 296 g/mol. The molecule has 7 nitrogen and oxygen atoms in total. The van der Waals surface area contributed by atoms with E-state index in [4.69, 9.17) is 4.52 Å². The highest BCUT2D eigenvalue weighted by Crippen LogP contribution is 2.16. The summed E-state index contributed by atoms with van der Waals surface area (Å²) in [5, 5.41) is 3.91. The smallest absolute Gasteiger partial charge is 0.241 e. The van der Waals surface area contributed by atoms with Gasteiger partial charge in [-0.1, -0.05) is 5.16 Å². The van der Waals surface area contributed by atoms with Crippen LogP contribution in [0.15, 0.2) is 4.52 Å². The number of carbonyl (C=O) groups is 2. The van der Waals surface area contributed by atoms with E-state index in [1.165, 1.54) is 0 Å². The molecule has 0 bridgehead atoms. The number of hydrogen-bond acceptors (Lipinski definition) is 5. The van der Waals surface area contributed by atoms with Gasteiger partial charge < -0.3 is 14.3 Å². The zero-order chi connectivity index (χ0) is 17.1. The van der Waals surface area contributed by atoms with Crippen molar-refractivity contribution in [3.8, 4) is 0 Å². The van der Waals surface area contributed by atoms with Gasteiger partial charge in [-0.25, -0.2) is 0 Å². The Hall–Kier alpha value is -1.89. The number of aromatic nitrogens is 1. The van der Waals surface area contributed by atoms with Gasteiger partial charge in [-0.2, -0.15) is 0 Å². The zero-order valence-electron chi connectivity index (χ0n) is 14.6. The Bertz CT molecular complexity index is 562. The van der Waals surface area contributed by atoms with Crippen LogP contribution in [0, 0.1) is 13.8 Å². The van der Waals surface area contributed by atoms with Crippen molar-refractivity contribution in [1.29, 1.82) is 0 Å². The molecule has 1 aliphatic heterocycles. The summed E-state index contributed by atoms with van der Waals surface area (Å²) in [5.74, 6) is 0.889. The molecule has 0 radical (unpaired) electrons. The third-order valence-corrected chi connectivity index (χ3v) is 4.50. The van der Waals surface area contributed by atoms with Crippen LogP contribution in [0.25, 0.3) is 0 Å². The largest absolute Gasteiger partial charge is 0.361 e. The fourth-order valence-electron chi connectivity index (χ4n) is 2.91. The molecule has 1 aromatic rings. The van der Waals surface area contributed by atoms with Crippen LogP contribution < -0.4 is 0 Å². The first-order chi connectivity index (χ1) is 10.8. The first kappa shape index (κ1) is 17.5. The van der Waals surface area contributed by atoms with Crippen LogP contribution in [0.3, 0.4) is 0 Å². The minimum absolute atomic E-state index is 0.0377. The molecule has 0 saturated carbocycles. The first-order valence-electron chi connectivity index (χ1n) is 7.92. The van der Waals surface area contributed by atoms with E-state index in [9.17, 15) is 9.59 Å². The van der Waals surface area contributed by atoms with Gasteiger partial charge in [0.1, 0.15) is 11.8 Å². The van der Waals surface area contributed by atoms with Gasteiger partial charge in [-0.3, -0.25) is 14.5 Å². The standard InChI is InChI=1S/C16H26N4O3/c1-11-13(12(2)23-17-11)6-7-15(21)20-9-8-19(5)14(10-20)16(22)18(3)4/h14H,6-10H2,1-5H3/t14-/m1/s1. The minimum atomic E-state index is -0.262. The Morgan fingerprint density at radius 2 is 2.00 bits per heavy atom. The van der Waals surface area contributed by atoms with Crippen LogP contribution in [-0.2, 0) is 16.0 Å². The maximum Gasteiger partial charge on any atom is 0.241 e. The summed E-state index contributed by atoms with van der Waals surface area (Å²) in [4.78, 5) is 30.1. The molecule has 2 heterocycles. The summed E-state index contributed by atoms with van der Waals surface area (Å²) in [6.45, 7) is 5.57. The van der Waals surface area contributed by atoms with E-state index < -0.39 is 0 Å². The molecular formula is C16H26N4O3. The summed E-state index contributed by atoms with van der Waals surface area (Å²) in [6, 6.07) is -0.262. The molecule has 1 atom stereocenters. The second-order valence-electron chi connectivity index (χ2n) is 6.37. The lowest BCUT2D eigenvalue weighted by atomic mass is 10.1. The SMILES string of the molecule is Cc1noc(C)c1CCC(=O)N1CCN(C)[C@@H](C(=O)N(C)C)C1. The lowest BCUT2D eigenvalue weighted by Crippen LogP contribution is -2.58. The molecule has 0 unspecified atom stereocenters. The van der Waals surface area contributed by atoms with Crippen molar-refractivity contribution < 1.29 is 14.1 Å². The molecule has 1 aliphatic rings. The minimum Gasteiger partial charge on any atom is -0.361 e. The molecule has 23 heavy (non-hydrogen) atoms. The van der Waals surface area contributed by atoms with Gasteiger partial charge in [0.2, 0.25) is 11.8 Å². The normalized spacial score (nSPS) is 19.0. The van der Waals surface area contributed by atoms with Crippen molar-refractivity contribution in [1.82, 2.24) is 19.9 Å². The number of amides is 2. The number of carbonyl (C=O) groups excluding carboxylic acids is 2. The maximum atomic E-state index is 12.5. The lowest BCUT2D eigenvalue weighted by molar-refractivity contribution is -0.141. The highest BCUT2D eigenvalue weighted by molar-refractivity contribution is 5.83. The van der Waals surface area contributed by atoms with Gasteiger partial charge in [0.15, 0.2) is 0 Å². The fourth-order valence-corrected chi connectivity index (χ4v) is 2.91. The third-order valence-electron chi connectivity index (χ3n) is 4.50. The van der Waals surface area contributed by atoms with E-state index in [2.05, 4.69) is 5.16 Å². The topological polar surface area (TPSA) is 69.9 Å². The van der Waals surface area contributed by atoms with Gasteiger partial charge in [-0.05, 0) is 27.3 Å².